The van der Waals surface area contributed by atoms with Gasteiger partial charge in [0.05, 0.1) is 17.3 Å². The predicted octanol–water partition coefficient (Wildman–Crippen LogP) is 5.75. The van der Waals surface area contributed by atoms with Crippen molar-refractivity contribution in [2.24, 2.45) is 5.41 Å². The van der Waals surface area contributed by atoms with Crippen molar-refractivity contribution in [1.82, 2.24) is 35.1 Å². The number of rotatable bonds is 4. The second kappa shape index (κ2) is 8.84. The summed E-state index contributed by atoms with van der Waals surface area (Å²) in [5, 5.41) is 11.1. The molecule has 0 unspecified atom stereocenters. The number of anilines is 1. The highest BCUT2D eigenvalue weighted by molar-refractivity contribution is 5.97. The summed E-state index contributed by atoms with van der Waals surface area (Å²) in [5.74, 6) is 0.127. The summed E-state index contributed by atoms with van der Waals surface area (Å²) in [6, 6.07) is 11.9. The van der Waals surface area contributed by atoms with Gasteiger partial charge in [0.1, 0.15) is 17.0 Å². The average Bonchev–Trinajstić information content (AvgIpc) is 3.52. The zero-order chi connectivity index (χ0) is 26.4. The third-order valence-corrected chi connectivity index (χ3v) is 6.19. The topological polar surface area (TPSA) is 125 Å². The summed E-state index contributed by atoms with van der Waals surface area (Å²) >= 11 is 0. The summed E-state index contributed by atoms with van der Waals surface area (Å²) in [6.07, 6.45) is 6.74. The number of H-pyrrole nitrogens is 2. The number of pyridine rings is 3. The first kappa shape index (κ1) is 23.4. The number of imidazole rings is 1. The molecule has 0 saturated heterocycles. The highest BCUT2D eigenvalue weighted by Gasteiger charge is 2.22. The third-order valence-electron chi connectivity index (χ3n) is 6.19. The molecule has 0 aliphatic rings. The molecule has 0 fully saturated rings. The summed E-state index contributed by atoms with van der Waals surface area (Å²) in [7, 11) is 0. The molecule has 38 heavy (non-hydrogen) atoms. The summed E-state index contributed by atoms with van der Waals surface area (Å²) in [4.78, 5) is 33.7. The lowest BCUT2D eigenvalue weighted by Gasteiger charge is -2.17. The van der Waals surface area contributed by atoms with Crippen LogP contribution < -0.4 is 5.32 Å². The number of hydrogen-bond donors (Lipinski definition) is 3. The van der Waals surface area contributed by atoms with Crippen LogP contribution in [-0.4, -0.2) is 41.0 Å². The molecule has 1 amide bonds. The van der Waals surface area contributed by atoms with E-state index in [4.69, 9.17) is 4.98 Å². The number of aromatic nitrogens is 7. The van der Waals surface area contributed by atoms with Crippen molar-refractivity contribution >= 4 is 33.8 Å². The molecule has 0 atom stereocenters. The number of hydrogen-bond acceptors (Lipinski definition) is 6. The van der Waals surface area contributed by atoms with Crippen LogP contribution in [0.2, 0.25) is 0 Å². The van der Waals surface area contributed by atoms with E-state index >= 15 is 0 Å². The SMILES string of the molecule is CC(C)(C)C(=O)Nc1cncc(-c2cnc3[nH]nc(-c4nc5c(-c6ccc(F)cc6)ccnc5[nH]4)c3c2)c1. The fraction of sp³-hybridized carbons (Fsp3) is 0.143. The zero-order valence-corrected chi connectivity index (χ0v) is 20.9. The third kappa shape index (κ3) is 4.26. The summed E-state index contributed by atoms with van der Waals surface area (Å²) < 4.78 is 13.5. The van der Waals surface area contributed by atoms with Crippen molar-refractivity contribution in [1.29, 1.82) is 0 Å². The molecule has 5 aromatic heterocycles. The van der Waals surface area contributed by atoms with E-state index in [1.54, 1.807) is 36.9 Å². The Morgan fingerprint density at radius 2 is 1.71 bits per heavy atom. The molecule has 0 aliphatic heterocycles. The Balaban J connectivity index is 1.39. The molecule has 0 bridgehead atoms. The van der Waals surface area contributed by atoms with E-state index in [2.05, 4.69) is 35.5 Å². The standard InChI is InChI=1S/C28H23FN8O/c1-28(2,3)27(38)33-19-10-16(12-30-14-19)17-11-21-23(36-37-24(21)32-13-17)26-34-22-20(8-9-31-25(22)35-26)15-4-6-18(29)7-5-15/h4-14H,1-3H3,(H,33,38)(H,31,34,35)(H,32,36,37). The lowest BCUT2D eigenvalue weighted by molar-refractivity contribution is -0.123. The van der Waals surface area contributed by atoms with Crippen molar-refractivity contribution in [3.05, 3.63) is 73.1 Å². The molecule has 3 N–H and O–H groups in total. The minimum absolute atomic E-state index is 0.0966. The predicted molar refractivity (Wildman–Crippen MR) is 143 cm³/mol. The number of amides is 1. The van der Waals surface area contributed by atoms with E-state index in [1.165, 1.54) is 12.1 Å². The van der Waals surface area contributed by atoms with Gasteiger partial charge in [-0.25, -0.2) is 19.3 Å². The van der Waals surface area contributed by atoms with Crippen LogP contribution in [0, 0.1) is 11.2 Å². The molecule has 188 valence electrons. The first-order valence-electron chi connectivity index (χ1n) is 12.0. The Hall–Kier alpha value is -4.99. The number of fused-ring (bicyclic) bond motifs is 2. The maximum absolute atomic E-state index is 13.5. The number of halogens is 1. The van der Waals surface area contributed by atoms with Gasteiger partial charge in [0, 0.05) is 40.7 Å². The quantitative estimate of drug-likeness (QED) is 0.280. The second-order valence-electron chi connectivity index (χ2n) is 10.0. The Morgan fingerprint density at radius 1 is 0.921 bits per heavy atom. The first-order chi connectivity index (χ1) is 18.3. The van der Waals surface area contributed by atoms with Gasteiger partial charge in [-0.1, -0.05) is 32.9 Å². The number of carbonyl (C=O) groups is 1. The normalized spacial score (nSPS) is 11.8. The Kier molecular flexibility index (Phi) is 5.45. The molecule has 0 radical (unpaired) electrons. The molecule has 0 aliphatic carbocycles. The van der Waals surface area contributed by atoms with Gasteiger partial charge in [-0.15, -0.1) is 0 Å². The van der Waals surface area contributed by atoms with Crippen LogP contribution in [0.1, 0.15) is 20.8 Å². The fourth-order valence-corrected chi connectivity index (χ4v) is 4.11. The highest BCUT2D eigenvalue weighted by atomic mass is 19.1. The van der Waals surface area contributed by atoms with E-state index in [9.17, 15) is 9.18 Å². The smallest absolute Gasteiger partial charge is 0.229 e. The van der Waals surface area contributed by atoms with Gasteiger partial charge in [-0.3, -0.25) is 14.9 Å². The molecule has 6 rings (SSSR count). The van der Waals surface area contributed by atoms with E-state index in [0.29, 0.717) is 34.0 Å². The largest absolute Gasteiger partial charge is 0.324 e. The second-order valence-corrected chi connectivity index (χ2v) is 10.0. The van der Waals surface area contributed by atoms with Crippen molar-refractivity contribution < 1.29 is 9.18 Å². The molecule has 5 heterocycles. The minimum Gasteiger partial charge on any atom is -0.324 e. The Labute approximate surface area is 216 Å². The number of benzene rings is 1. The maximum Gasteiger partial charge on any atom is 0.229 e. The van der Waals surface area contributed by atoms with Crippen molar-refractivity contribution in [3.8, 4) is 33.8 Å². The van der Waals surface area contributed by atoms with Crippen LogP contribution in [0.5, 0.6) is 0 Å². The van der Waals surface area contributed by atoms with E-state index in [1.807, 2.05) is 39.0 Å². The monoisotopic (exact) mass is 506 g/mol. The van der Waals surface area contributed by atoms with E-state index in [-0.39, 0.29) is 11.7 Å². The zero-order valence-electron chi connectivity index (χ0n) is 20.9. The van der Waals surface area contributed by atoms with Gasteiger partial charge >= 0.3 is 0 Å². The molecule has 0 spiro atoms. The van der Waals surface area contributed by atoms with Gasteiger partial charge < -0.3 is 10.3 Å². The molecule has 1 aromatic carbocycles. The van der Waals surface area contributed by atoms with Gasteiger partial charge in [-0.2, -0.15) is 5.10 Å². The first-order valence-corrected chi connectivity index (χ1v) is 12.0. The van der Waals surface area contributed by atoms with Crippen molar-refractivity contribution in [2.45, 2.75) is 20.8 Å². The van der Waals surface area contributed by atoms with Gasteiger partial charge in [0.2, 0.25) is 5.91 Å². The summed E-state index contributed by atoms with van der Waals surface area (Å²) in [5.41, 5.74) is 5.77. The number of carbonyl (C=O) groups excluding carboxylic acids is 1. The van der Waals surface area contributed by atoms with Gasteiger partial charge in [0.15, 0.2) is 17.1 Å². The van der Waals surface area contributed by atoms with Crippen molar-refractivity contribution in [2.75, 3.05) is 5.32 Å². The number of nitrogens with zero attached hydrogens (tertiary/aromatic N) is 5. The molecule has 0 saturated carbocycles. The van der Waals surface area contributed by atoms with E-state index in [0.717, 1.165) is 27.6 Å². The van der Waals surface area contributed by atoms with Crippen LogP contribution in [-0.2, 0) is 4.79 Å². The number of aromatic amines is 2. The lowest BCUT2D eigenvalue weighted by atomic mass is 9.95. The van der Waals surface area contributed by atoms with Crippen LogP contribution in [0.4, 0.5) is 10.1 Å². The molecule has 6 aromatic rings. The highest BCUT2D eigenvalue weighted by Crippen LogP contribution is 2.32. The molecule has 10 heteroatoms. The lowest BCUT2D eigenvalue weighted by Crippen LogP contribution is -2.27. The maximum atomic E-state index is 13.5. The van der Waals surface area contributed by atoms with Crippen LogP contribution in [0.15, 0.2) is 67.3 Å². The van der Waals surface area contributed by atoms with Crippen molar-refractivity contribution in [3.63, 3.8) is 0 Å². The number of nitrogens with one attached hydrogen (secondary N) is 3. The molecular formula is C28H23FN8O. The van der Waals surface area contributed by atoms with Crippen LogP contribution >= 0.6 is 0 Å². The Bertz CT molecular complexity index is 1820. The summed E-state index contributed by atoms with van der Waals surface area (Å²) in [6.45, 7) is 5.57. The van der Waals surface area contributed by atoms with E-state index < -0.39 is 5.41 Å². The molecular weight excluding hydrogens is 483 g/mol. The van der Waals surface area contributed by atoms with Gasteiger partial charge in [-0.05, 0) is 35.9 Å². The molecule has 9 nitrogen and oxygen atoms in total. The van der Waals surface area contributed by atoms with Crippen LogP contribution in [0.25, 0.3) is 56.0 Å². The van der Waals surface area contributed by atoms with Gasteiger partial charge in [0.25, 0.3) is 0 Å². The average molecular weight is 507 g/mol. The minimum atomic E-state index is -0.528. The fourth-order valence-electron chi connectivity index (χ4n) is 4.11. The Morgan fingerprint density at radius 3 is 2.50 bits per heavy atom. The van der Waals surface area contributed by atoms with Crippen LogP contribution in [0.3, 0.4) is 0 Å².